The van der Waals surface area contributed by atoms with Crippen LogP contribution in [0.5, 0.6) is 0 Å². The summed E-state index contributed by atoms with van der Waals surface area (Å²) in [6.45, 7) is 1.53. The number of amides is 1. The lowest BCUT2D eigenvalue weighted by atomic mass is 10.0. The fourth-order valence-electron chi connectivity index (χ4n) is 3.24. The summed E-state index contributed by atoms with van der Waals surface area (Å²) in [5, 5.41) is 14.4. The second-order valence-corrected chi connectivity index (χ2v) is 9.91. The van der Waals surface area contributed by atoms with Crippen molar-refractivity contribution in [2.24, 2.45) is 0 Å². The van der Waals surface area contributed by atoms with Gasteiger partial charge in [0, 0.05) is 24.4 Å². The number of fused-ring (bicyclic) bond motifs is 1. The maximum atomic E-state index is 12.1. The van der Waals surface area contributed by atoms with Gasteiger partial charge in [0.05, 0.1) is 5.52 Å². The average Bonchev–Trinajstić information content (AvgIpc) is 3.12. The molecule has 154 valence electrons. The van der Waals surface area contributed by atoms with E-state index in [1.54, 1.807) is 4.68 Å². The molecule has 1 aromatic heterocycles. The van der Waals surface area contributed by atoms with Gasteiger partial charge in [-0.15, -0.1) is 0 Å². The van der Waals surface area contributed by atoms with Crippen LogP contribution in [0.25, 0.3) is 10.9 Å². The van der Waals surface area contributed by atoms with Crippen molar-refractivity contribution >= 4 is 26.6 Å². The van der Waals surface area contributed by atoms with Crippen LogP contribution < -0.4 is 5.48 Å². The number of rotatable bonds is 8. The van der Waals surface area contributed by atoms with E-state index in [4.69, 9.17) is 5.21 Å². The molecular weight excluding hydrogens is 390 g/mol. The summed E-state index contributed by atoms with van der Waals surface area (Å²) in [4.78, 5) is 11.9. The van der Waals surface area contributed by atoms with Crippen molar-refractivity contribution in [1.82, 2.24) is 15.3 Å². The number of sulfone groups is 1. The molecule has 0 aliphatic rings. The molecular formula is C21H25N3O4S. The van der Waals surface area contributed by atoms with Crippen LogP contribution in [0.15, 0.2) is 54.7 Å². The first-order valence-electron chi connectivity index (χ1n) is 9.37. The van der Waals surface area contributed by atoms with Gasteiger partial charge in [-0.05, 0) is 49.4 Å². The summed E-state index contributed by atoms with van der Waals surface area (Å²) in [5.41, 5.74) is 4.75. The molecule has 0 unspecified atom stereocenters. The SMILES string of the molecule is C[C@@](CCn1cc2cc(CCc3ccccc3)ccc2n1)(C(=O)NO)S(C)(=O)=O. The molecule has 3 rings (SSSR count). The molecule has 0 saturated carbocycles. The molecule has 2 N–H and O–H groups in total. The third-order valence-electron chi connectivity index (χ3n) is 5.38. The minimum atomic E-state index is -3.73. The number of nitrogens with one attached hydrogen (secondary N) is 1. The molecule has 0 aliphatic carbocycles. The highest BCUT2D eigenvalue weighted by molar-refractivity contribution is 7.92. The summed E-state index contributed by atoms with van der Waals surface area (Å²) in [5.74, 6) is -0.945. The highest BCUT2D eigenvalue weighted by Gasteiger charge is 2.43. The van der Waals surface area contributed by atoms with Crippen LogP contribution in [0.1, 0.15) is 24.5 Å². The lowest BCUT2D eigenvalue weighted by Crippen LogP contribution is -2.49. The first kappa shape index (κ1) is 21.0. The number of nitrogens with zero attached hydrogens (tertiary/aromatic N) is 2. The van der Waals surface area contributed by atoms with Gasteiger partial charge in [-0.3, -0.25) is 14.7 Å². The maximum Gasteiger partial charge on any atom is 0.264 e. The number of carbonyl (C=O) groups excluding carboxylic acids is 1. The fourth-order valence-corrected chi connectivity index (χ4v) is 4.09. The third-order valence-corrected chi connectivity index (χ3v) is 7.41. The minimum absolute atomic E-state index is 0.00687. The zero-order valence-corrected chi connectivity index (χ0v) is 17.3. The number of aryl methyl sites for hydroxylation is 3. The number of hydroxylamine groups is 1. The second kappa shape index (κ2) is 8.34. The van der Waals surface area contributed by atoms with Crippen LogP contribution in [0.3, 0.4) is 0 Å². The van der Waals surface area contributed by atoms with E-state index in [0.29, 0.717) is 0 Å². The summed E-state index contributed by atoms with van der Waals surface area (Å²) < 4.78 is 24.1. The molecule has 0 radical (unpaired) electrons. The Kier molecular flexibility index (Phi) is 6.04. The van der Waals surface area contributed by atoms with Crippen molar-refractivity contribution in [2.45, 2.75) is 37.5 Å². The first-order valence-corrected chi connectivity index (χ1v) is 11.3. The Labute approximate surface area is 170 Å². The van der Waals surface area contributed by atoms with Gasteiger partial charge in [0.25, 0.3) is 5.91 Å². The Morgan fingerprint density at radius 2 is 1.83 bits per heavy atom. The summed E-state index contributed by atoms with van der Waals surface area (Å²) in [6, 6.07) is 16.4. The molecule has 0 spiro atoms. The Bertz CT molecular complexity index is 1110. The third kappa shape index (κ3) is 4.65. The highest BCUT2D eigenvalue weighted by Crippen LogP contribution is 2.23. The van der Waals surface area contributed by atoms with E-state index in [2.05, 4.69) is 23.3 Å². The smallest absolute Gasteiger partial charge is 0.264 e. The van der Waals surface area contributed by atoms with Crippen molar-refractivity contribution in [3.63, 3.8) is 0 Å². The topological polar surface area (TPSA) is 101 Å². The van der Waals surface area contributed by atoms with E-state index >= 15 is 0 Å². The molecule has 0 bridgehead atoms. The normalized spacial score (nSPS) is 13.9. The van der Waals surface area contributed by atoms with Crippen LogP contribution in [-0.4, -0.2) is 40.3 Å². The van der Waals surface area contributed by atoms with E-state index in [1.807, 2.05) is 36.5 Å². The van der Waals surface area contributed by atoms with Crippen LogP contribution in [-0.2, 0) is 34.0 Å². The largest absolute Gasteiger partial charge is 0.289 e. The van der Waals surface area contributed by atoms with Crippen LogP contribution >= 0.6 is 0 Å². The van der Waals surface area contributed by atoms with Crippen molar-refractivity contribution in [2.75, 3.05) is 6.26 Å². The molecule has 1 heterocycles. The van der Waals surface area contributed by atoms with Crippen molar-refractivity contribution in [3.05, 3.63) is 65.9 Å². The van der Waals surface area contributed by atoms with Gasteiger partial charge in [0.2, 0.25) is 0 Å². The quantitative estimate of drug-likeness (QED) is 0.435. The molecule has 2 aromatic carbocycles. The number of hydrogen-bond donors (Lipinski definition) is 2. The van der Waals surface area contributed by atoms with Crippen molar-refractivity contribution in [3.8, 4) is 0 Å². The predicted molar refractivity (Wildman–Crippen MR) is 111 cm³/mol. The van der Waals surface area contributed by atoms with Crippen molar-refractivity contribution in [1.29, 1.82) is 0 Å². The van der Waals surface area contributed by atoms with Crippen molar-refractivity contribution < 1.29 is 18.4 Å². The molecule has 0 aliphatic heterocycles. The molecule has 7 nitrogen and oxygen atoms in total. The molecule has 29 heavy (non-hydrogen) atoms. The zero-order chi connectivity index (χ0) is 21.1. The van der Waals surface area contributed by atoms with Gasteiger partial charge in [-0.2, -0.15) is 5.10 Å². The monoisotopic (exact) mass is 415 g/mol. The molecule has 8 heteroatoms. The zero-order valence-electron chi connectivity index (χ0n) is 16.5. The Balaban J connectivity index is 1.73. The van der Waals surface area contributed by atoms with Gasteiger partial charge >= 0.3 is 0 Å². The maximum absolute atomic E-state index is 12.1. The fraction of sp³-hybridized carbons (Fsp3) is 0.333. The molecule has 0 saturated heterocycles. The summed E-state index contributed by atoms with van der Waals surface area (Å²) in [6.07, 6.45) is 4.69. The Morgan fingerprint density at radius 3 is 2.48 bits per heavy atom. The summed E-state index contributed by atoms with van der Waals surface area (Å²) in [7, 11) is -3.73. The van der Waals surface area contributed by atoms with Crippen LogP contribution in [0.4, 0.5) is 0 Å². The standard InChI is InChI=1S/C21H25N3O4S/c1-21(20(25)23-26,29(2,27)28)12-13-24-15-18-14-17(10-11-19(18)22-24)9-8-16-6-4-3-5-7-16/h3-7,10-11,14-15,26H,8-9,12-13H2,1-2H3,(H,23,25)/t21-/m1/s1. The van der Waals surface area contributed by atoms with Crippen LogP contribution in [0, 0.1) is 0 Å². The molecule has 3 aromatic rings. The highest BCUT2D eigenvalue weighted by atomic mass is 32.2. The van der Waals surface area contributed by atoms with E-state index < -0.39 is 20.5 Å². The van der Waals surface area contributed by atoms with Gasteiger partial charge < -0.3 is 0 Å². The number of benzene rings is 2. The molecule has 0 fully saturated rings. The molecule has 1 atom stereocenters. The lowest BCUT2D eigenvalue weighted by molar-refractivity contribution is -0.131. The lowest BCUT2D eigenvalue weighted by Gasteiger charge is -2.24. The first-order chi connectivity index (χ1) is 13.7. The Morgan fingerprint density at radius 1 is 1.14 bits per heavy atom. The van der Waals surface area contributed by atoms with Gasteiger partial charge in [0.15, 0.2) is 14.6 Å². The second-order valence-electron chi connectivity index (χ2n) is 7.46. The van der Waals surface area contributed by atoms with Gasteiger partial charge in [0.1, 0.15) is 0 Å². The average molecular weight is 416 g/mol. The molecule has 1 amide bonds. The van der Waals surface area contributed by atoms with Crippen LogP contribution in [0.2, 0.25) is 0 Å². The number of hydrogen-bond acceptors (Lipinski definition) is 5. The minimum Gasteiger partial charge on any atom is -0.289 e. The predicted octanol–water partition coefficient (Wildman–Crippen LogP) is 2.52. The van der Waals surface area contributed by atoms with Gasteiger partial charge in [-0.1, -0.05) is 36.4 Å². The van der Waals surface area contributed by atoms with Gasteiger partial charge in [-0.25, -0.2) is 13.9 Å². The van der Waals surface area contributed by atoms with E-state index in [9.17, 15) is 13.2 Å². The number of carbonyl (C=O) groups is 1. The van der Waals surface area contributed by atoms with E-state index in [0.717, 1.165) is 30.0 Å². The van der Waals surface area contributed by atoms with E-state index in [1.165, 1.54) is 23.5 Å². The number of aromatic nitrogens is 2. The summed E-state index contributed by atoms with van der Waals surface area (Å²) >= 11 is 0. The Hall–Kier alpha value is -2.71. The van der Waals surface area contributed by atoms with E-state index in [-0.39, 0.29) is 13.0 Å².